The van der Waals surface area contributed by atoms with Crippen LogP contribution in [0, 0.1) is 0 Å². The molecule has 0 aliphatic carbocycles. The third-order valence-electron chi connectivity index (χ3n) is 1.98. The molecule has 0 heterocycles. The van der Waals surface area contributed by atoms with Gasteiger partial charge >= 0.3 is 0 Å². The van der Waals surface area contributed by atoms with Crippen molar-refractivity contribution < 1.29 is 21.1 Å². The standard InChI is InChI=1S/C11H15NS2.Mo/c1-2-3-6-9-7-4-5-8-10(9)14-11(12)13;/h4-5,7-8H,2-3,6H2,1H3,(H2,12,13);. The molecule has 0 aliphatic heterocycles. The summed E-state index contributed by atoms with van der Waals surface area (Å²) < 4.78 is 0.494. The SMILES string of the molecule is CCCCc1ccccc1SC(N)=S.[Mo]. The smallest absolute Gasteiger partial charge is 0.136 e. The summed E-state index contributed by atoms with van der Waals surface area (Å²) in [6.07, 6.45) is 3.54. The molecule has 0 bridgehead atoms. The third-order valence-corrected chi connectivity index (χ3v) is 3.05. The van der Waals surface area contributed by atoms with Crippen LogP contribution in [0.2, 0.25) is 0 Å². The van der Waals surface area contributed by atoms with E-state index in [-0.39, 0.29) is 21.1 Å². The molecule has 15 heavy (non-hydrogen) atoms. The fraction of sp³-hybridized carbons (Fsp3) is 0.364. The molecular formula is C11H15MoNS2. The quantitative estimate of drug-likeness (QED) is 0.523. The van der Waals surface area contributed by atoms with Crippen molar-refractivity contribution in [2.24, 2.45) is 5.73 Å². The number of nitrogens with two attached hydrogens (primary N) is 1. The number of thiocarbonyl (C=S) groups is 1. The number of benzene rings is 1. The van der Waals surface area contributed by atoms with E-state index in [4.69, 9.17) is 18.0 Å². The summed E-state index contributed by atoms with van der Waals surface area (Å²) in [6, 6.07) is 8.32. The normalized spacial score (nSPS) is 9.40. The van der Waals surface area contributed by atoms with Gasteiger partial charge in [0.1, 0.15) is 4.32 Å². The van der Waals surface area contributed by atoms with Crippen LogP contribution < -0.4 is 5.73 Å². The monoisotopic (exact) mass is 323 g/mol. The molecule has 1 rings (SSSR count). The number of rotatable bonds is 4. The Morgan fingerprint density at radius 1 is 1.40 bits per heavy atom. The summed E-state index contributed by atoms with van der Waals surface area (Å²) in [4.78, 5) is 1.20. The maximum Gasteiger partial charge on any atom is 0.136 e. The first-order chi connectivity index (χ1) is 6.74. The van der Waals surface area contributed by atoms with Crippen molar-refractivity contribution in [3.05, 3.63) is 29.8 Å². The van der Waals surface area contributed by atoms with E-state index in [2.05, 4.69) is 25.1 Å². The minimum Gasteiger partial charge on any atom is -0.384 e. The third kappa shape index (κ3) is 5.69. The Balaban J connectivity index is 0.00000196. The van der Waals surface area contributed by atoms with E-state index < -0.39 is 0 Å². The molecule has 0 amide bonds. The van der Waals surface area contributed by atoms with Crippen LogP contribution in [0.1, 0.15) is 25.3 Å². The predicted molar refractivity (Wildman–Crippen MR) is 67.7 cm³/mol. The fourth-order valence-electron chi connectivity index (χ4n) is 1.29. The second-order valence-electron chi connectivity index (χ2n) is 3.13. The Labute approximate surface area is 115 Å². The molecule has 1 nitrogen and oxygen atoms in total. The van der Waals surface area contributed by atoms with E-state index in [1.54, 1.807) is 0 Å². The van der Waals surface area contributed by atoms with E-state index in [1.807, 2.05) is 6.07 Å². The maximum atomic E-state index is 5.52. The summed E-state index contributed by atoms with van der Waals surface area (Å²) in [5, 5.41) is 0. The number of aryl methyl sites for hydroxylation is 1. The number of thioether (sulfide) groups is 1. The molecule has 0 aliphatic rings. The van der Waals surface area contributed by atoms with Crippen LogP contribution in [-0.2, 0) is 27.5 Å². The summed E-state index contributed by atoms with van der Waals surface area (Å²) in [7, 11) is 0. The van der Waals surface area contributed by atoms with E-state index in [0.717, 1.165) is 6.42 Å². The van der Waals surface area contributed by atoms with E-state index >= 15 is 0 Å². The Hall–Kier alpha value is 0.148. The van der Waals surface area contributed by atoms with Crippen molar-refractivity contribution in [2.45, 2.75) is 31.1 Å². The van der Waals surface area contributed by atoms with Crippen LogP contribution in [0.25, 0.3) is 0 Å². The molecule has 0 saturated carbocycles. The fourth-order valence-corrected chi connectivity index (χ4v) is 2.22. The predicted octanol–water partition coefficient (Wildman–Crippen LogP) is 3.36. The maximum absolute atomic E-state index is 5.52. The van der Waals surface area contributed by atoms with E-state index in [1.165, 1.54) is 35.1 Å². The molecule has 0 atom stereocenters. The number of hydrogen-bond acceptors (Lipinski definition) is 2. The van der Waals surface area contributed by atoms with Gasteiger partial charge in [0.15, 0.2) is 0 Å². The average molecular weight is 321 g/mol. The van der Waals surface area contributed by atoms with Gasteiger partial charge in [-0.3, -0.25) is 0 Å². The van der Waals surface area contributed by atoms with Gasteiger partial charge in [0, 0.05) is 26.0 Å². The van der Waals surface area contributed by atoms with Crippen LogP contribution in [0.4, 0.5) is 0 Å². The van der Waals surface area contributed by atoms with Crippen molar-refractivity contribution in [1.29, 1.82) is 0 Å². The molecule has 0 radical (unpaired) electrons. The second-order valence-corrected chi connectivity index (χ2v) is 4.91. The molecule has 0 saturated heterocycles. The first kappa shape index (κ1) is 15.1. The van der Waals surface area contributed by atoms with Gasteiger partial charge in [0.2, 0.25) is 0 Å². The van der Waals surface area contributed by atoms with Crippen LogP contribution in [0.5, 0.6) is 0 Å². The summed E-state index contributed by atoms with van der Waals surface area (Å²) >= 11 is 6.38. The summed E-state index contributed by atoms with van der Waals surface area (Å²) in [6.45, 7) is 2.20. The molecular weight excluding hydrogens is 306 g/mol. The van der Waals surface area contributed by atoms with E-state index in [9.17, 15) is 0 Å². The second kappa shape index (κ2) is 8.32. The molecule has 0 aromatic heterocycles. The Kier molecular flexibility index (Phi) is 8.40. The largest absolute Gasteiger partial charge is 0.384 e. The minimum atomic E-state index is 0. The van der Waals surface area contributed by atoms with Crippen LogP contribution in [0.3, 0.4) is 0 Å². The molecule has 2 N–H and O–H groups in total. The Morgan fingerprint density at radius 3 is 2.67 bits per heavy atom. The number of unbranched alkanes of at least 4 members (excludes halogenated alkanes) is 1. The summed E-state index contributed by atoms with van der Waals surface area (Å²) in [5.41, 5.74) is 6.87. The van der Waals surface area contributed by atoms with Gasteiger partial charge in [-0.25, -0.2) is 0 Å². The molecule has 82 valence electrons. The zero-order valence-electron chi connectivity index (χ0n) is 8.73. The molecule has 1 aromatic rings. The van der Waals surface area contributed by atoms with Gasteiger partial charge in [0.05, 0.1) is 0 Å². The van der Waals surface area contributed by atoms with Crippen molar-refractivity contribution in [3.63, 3.8) is 0 Å². The average Bonchev–Trinajstić information content (AvgIpc) is 2.16. The van der Waals surface area contributed by atoms with Crippen molar-refractivity contribution >= 4 is 28.3 Å². The van der Waals surface area contributed by atoms with Gasteiger partial charge < -0.3 is 5.73 Å². The van der Waals surface area contributed by atoms with Crippen molar-refractivity contribution in [2.75, 3.05) is 0 Å². The molecule has 1 aromatic carbocycles. The van der Waals surface area contributed by atoms with Gasteiger partial charge in [-0.1, -0.05) is 55.5 Å². The van der Waals surface area contributed by atoms with Gasteiger partial charge in [-0.2, -0.15) is 0 Å². The number of hydrogen-bond donors (Lipinski definition) is 1. The van der Waals surface area contributed by atoms with E-state index in [0.29, 0.717) is 4.32 Å². The molecule has 4 heteroatoms. The van der Waals surface area contributed by atoms with Gasteiger partial charge in [-0.05, 0) is 24.5 Å². The molecule has 0 unspecified atom stereocenters. The zero-order valence-corrected chi connectivity index (χ0v) is 12.4. The molecule has 0 fully saturated rings. The first-order valence-electron chi connectivity index (χ1n) is 4.79. The van der Waals surface area contributed by atoms with Gasteiger partial charge in [-0.15, -0.1) is 0 Å². The first-order valence-corrected chi connectivity index (χ1v) is 6.01. The van der Waals surface area contributed by atoms with Gasteiger partial charge in [0.25, 0.3) is 0 Å². The summed E-state index contributed by atoms with van der Waals surface area (Å²) in [5.74, 6) is 0. The molecule has 0 spiro atoms. The topological polar surface area (TPSA) is 26.0 Å². The van der Waals surface area contributed by atoms with Crippen LogP contribution in [-0.4, -0.2) is 4.32 Å². The Morgan fingerprint density at radius 2 is 2.07 bits per heavy atom. The zero-order chi connectivity index (χ0) is 10.4. The minimum absolute atomic E-state index is 0. The van der Waals surface area contributed by atoms with Crippen LogP contribution in [0.15, 0.2) is 29.2 Å². The Bertz CT molecular complexity index is 315. The van der Waals surface area contributed by atoms with Crippen LogP contribution >= 0.6 is 24.0 Å². The van der Waals surface area contributed by atoms with Crippen molar-refractivity contribution in [3.8, 4) is 0 Å². The van der Waals surface area contributed by atoms with Crippen molar-refractivity contribution in [1.82, 2.24) is 0 Å².